The summed E-state index contributed by atoms with van der Waals surface area (Å²) >= 11 is 0. The average Bonchev–Trinajstić information content (AvgIpc) is 3.46. The molecule has 204 valence electrons. The minimum absolute atomic E-state index is 0.127. The van der Waals surface area contributed by atoms with E-state index >= 15 is 0 Å². The van der Waals surface area contributed by atoms with E-state index in [1.165, 1.54) is 6.33 Å². The molecule has 0 bridgehead atoms. The van der Waals surface area contributed by atoms with Gasteiger partial charge >= 0.3 is 6.09 Å². The molecule has 3 N–H and O–H groups in total. The van der Waals surface area contributed by atoms with Gasteiger partial charge in [-0.05, 0) is 53.2 Å². The van der Waals surface area contributed by atoms with Crippen molar-refractivity contribution in [2.45, 2.75) is 82.9 Å². The second-order valence-electron chi connectivity index (χ2n) is 11.3. The number of nitrogens with zero attached hydrogens (tertiary/aromatic N) is 4. The Morgan fingerprint density at radius 3 is 2.84 bits per heavy atom. The minimum Gasteiger partial charge on any atom is -0.444 e. The van der Waals surface area contributed by atoms with E-state index in [9.17, 15) is 4.79 Å². The van der Waals surface area contributed by atoms with Crippen LogP contribution in [-0.4, -0.2) is 94.2 Å². The predicted octanol–water partition coefficient (Wildman–Crippen LogP) is 1.89. The molecule has 12 nitrogen and oxygen atoms in total. The number of carbonyl (C=O) groups is 1. The number of carbonyl (C=O) groups excluding carboxylic acids is 1. The van der Waals surface area contributed by atoms with Crippen molar-refractivity contribution in [2.75, 3.05) is 38.6 Å². The number of anilines is 1. The Balaban J connectivity index is 1.28. The number of aromatic nitrogens is 3. The summed E-state index contributed by atoms with van der Waals surface area (Å²) in [4.78, 5) is 18.5. The van der Waals surface area contributed by atoms with Crippen LogP contribution >= 0.6 is 0 Å². The number of hydrogen-bond donors (Lipinski definition) is 2. The van der Waals surface area contributed by atoms with Gasteiger partial charge in [-0.3, -0.25) is 4.90 Å². The second-order valence-corrected chi connectivity index (χ2v) is 11.3. The minimum atomic E-state index is -0.724. The van der Waals surface area contributed by atoms with Crippen LogP contribution in [0.1, 0.15) is 52.8 Å². The SMILES string of the molecule is CC(C)(C)OC(=O)NCC[C@@H]1COCCN1CC1O[C@@H](c2ccc3c(N)ncnn23)[C@@H]2OC(C)(C)O[C@H]12. The van der Waals surface area contributed by atoms with Gasteiger partial charge in [-0.1, -0.05) is 0 Å². The number of nitrogens with two attached hydrogens (primary N) is 1. The average molecular weight is 519 g/mol. The molecule has 0 spiro atoms. The molecule has 5 rings (SSSR count). The van der Waals surface area contributed by atoms with Gasteiger partial charge in [0.15, 0.2) is 11.6 Å². The molecule has 1 unspecified atom stereocenters. The maximum Gasteiger partial charge on any atom is 0.407 e. The highest BCUT2D eigenvalue weighted by Crippen LogP contribution is 2.45. The number of amides is 1. The van der Waals surface area contributed by atoms with Crippen molar-refractivity contribution in [3.63, 3.8) is 0 Å². The lowest BCUT2D eigenvalue weighted by atomic mass is 10.0. The number of alkyl carbamates (subject to hydrolysis) is 1. The number of hydrogen-bond acceptors (Lipinski definition) is 10. The van der Waals surface area contributed by atoms with E-state index in [2.05, 4.69) is 20.3 Å². The van der Waals surface area contributed by atoms with Gasteiger partial charge in [-0.15, -0.1) is 0 Å². The number of morpholine rings is 1. The molecule has 3 saturated heterocycles. The third kappa shape index (κ3) is 5.68. The molecule has 5 heterocycles. The van der Waals surface area contributed by atoms with Gasteiger partial charge < -0.3 is 34.7 Å². The Labute approximate surface area is 216 Å². The quantitative estimate of drug-likeness (QED) is 0.584. The van der Waals surface area contributed by atoms with E-state index in [1.54, 1.807) is 4.52 Å². The maximum atomic E-state index is 12.1. The van der Waals surface area contributed by atoms with Crippen LogP contribution in [0.3, 0.4) is 0 Å². The zero-order valence-corrected chi connectivity index (χ0v) is 22.2. The molecule has 37 heavy (non-hydrogen) atoms. The fraction of sp³-hybridized carbons (Fsp3) is 0.720. The highest BCUT2D eigenvalue weighted by molar-refractivity contribution is 5.67. The highest BCUT2D eigenvalue weighted by Gasteiger charge is 2.56. The Morgan fingerprint density at radius 2 is 2.05 bits per heavy atom. The van der Waals surface area contributed by atoms with Crippen molar-refractivity contribution in [1.29, 1.82) is 0 Å². The first-order valence-electron chi connectivity index (χ1n) is 12.9. The van der Waals surface area contributed by atoms with Gasteiger partial charge in [-0.2, -0.15) is 5.10 Å². The van der Waals surface area contributed by atoms with Crippen molar-refractivity contribution in [2.24, 2.45) is 0 Å². The van der Waals surface area contributed by atoms with Crippen LogP contribution in [0.25, 0.3) is 5.52 Å². The second kappa shape index (κ2) is 9.99. The largest absolute Gasteiger partial charge is 0.444 e. The Kier molecular flexibility index (Phi) is 7.05. The fourth-order valence-corrected chi connectivity index (χ4v) is 5.34. The lowest BCUT2D eigenvalue weighted by molar-refractivity contribution is -0.191. The van der Waals surface area contributed by atoms with Crippen LogP contribution in [0, 0.1) is 0 Å². The first-order chi connectivity index (χ1) is 17.5. The number of nitrogen functional groups attached to an aromatic ring is 1. The molecule has 0 aliphatic carbocycles. The van der Waals surface area contributed by atoms with Crippen LogP contribution in [0.15, 0.2) is 18.5 Å². The first-order valence-corrected chi connectivity index (χ1v) is 12.9. The van der Waals surface area contributed by atoms with Crippen molar-refractivity contribution in [1.82, 2.24) is 24.8 Å². The lowest BCUT2D eigenvalue weighted by Crippen LogP contribution is -2.51. The molecule has 0 radical (unpaired) electrons. The molecule has 3 aliphatic heterocycles. The monoisotopic (exact) mass is 518 g/mol. The Bertz CT molecular complexity index is 1120. The molecule has 0 aromatic carbocycles. The van der Waals surface area contributed by atoms with Gasteiger partial charge in [0.25, 0.3) is 0 Å². The van der Waals surface area contributed by atoms with E-state index < -0.39 is 17.5 Å². The zero-order chi connectivity index (χ0) is 26.4. The van der Waals surface area contributed by atoms with Crippen LogP contribution in [0.2, 0.25) is 0 Å². The molecular weight excluding hydrogens is 480 g/mol. The standard InChI is InChI=1S/C25H38N6O6/c1-24(2,3)37-23(32)27-9-8-15-13-33-11-10-30(15)12-18-20-21(36-25(4,5)35-20)19(34-18)16-6-7-17-22(26)28-14-29-31(16)17/h6-7,14-15,18-21H,8-13H2,1-5H3,(H,27,32)(H2,26,28,29)/t15-,18?,19+,20-,21+/m1/s1. The van der Waals surface area contributed by atoms with Crippen molar-refractivity contribution < 1.29 is 28.5 Å². The summed E-state index contributed by atoms with van der Waals surface area (Å²) in [5, 5.41) is 7.25. The summed E-state index contributed by atoms with van der Waals surface area (Å²) in [7, 11) is 0. The predicted molar refractivity (Wildman–Crippen MR) is 134 cm³/mol. The van der Waals surface area contributed by atoms with E-state index in [-0.39, 0.29) is 30.5 Å². The molecule has 3 fully saturated rings. The summed E-state index contributed by atoms with van der Waals surface area (Å²) in [5.41, 5.74) is 7.10. The van der Waals surface area contributed by atoms with Crippen LogP contribution in [0.4, 0.5) is 10.6 Å². The smallest absolute Gasteiger partial charge is 0.407 e. The van der Waals surface area contributed by atoms with E-state index in [0.717, 1.165) is 24.2 Å². The Morgan fingerprint density at radius 1 is 1.27 bits per heavy atom. The van der Waals surface area contributed by atoms with E-state index in [0.29, 0.717) is 32.1 Å². The van der Waals surface area contributed by atoms with Gasteiger partial charge in [0.2, 0.25) is 0 Å². The summed E-state index contributed by atoms with van der Waals surface area (Å²) in [6.45, 7) is 12.5. The lowest BCUT2D eigenvalue weighted by Gasteiger charge is -2.37. The van der Waals surface area contributed by atoms with Gasteiger partial charge in [0.05, 0.1) is 18.9 Å². The molecule has 5 atom stereocenters. The molecule has 0 saturated carbocycles. The van der Waals surface area contributed by atoms with Crippen molar-refractivity contribution in [3.8, 4) is 0 Å². The Hall–Kier alpha value is -2.51. The third-order valence-electron chi connectivity index (χ3n) is 6.86. The number of nitrogens with one attached hydrogen (secondary N) is 1. The van der Waals surface area contributed by atoms with Gasteiger partial charge in [-0.25, -0.2) is 14.3 Å². The van der Waals surface area contributed by atoms with Gasteiger partial charge in [0.1, 0.15) is 41.9 Å². The highest BCUT2D eigenvalue weighted by atomic mass is 16.8. The van der Waals surface area contributed by atoms with Crippen molar-refractivity contribution >= 4 is 17.4 Å². The van der Waals surface area contributed by atoms with E-state index in [4.69, 9.17) is 29.4 Å². The number of fused-ring (bicyclic) bond motifs is 2. The summed E-state index contributed by atoms with van der Waals surface area (Å²) in [5.74, 6) is -0.314. The zero-order valence-electron chi connectivity index (χ0n) is 22.2. The van der Waals surface area contributed by atoms with Crippen LogP contribution in [-0.2, 0) is 23.7 Å². The van der Waals surface area contributed by atoms with Gasteiger partial charge in [0, 0.05) is 25.7 Å². The van der Waals surface area contributed by atoms with Crippen LogP contribution < -0.4 is 11.1 Å². The molecule has 1 amide bonds. The third-order valence-corrected chi connectivity index (χ3v) is 6.86. The summed E-state index contributed by atoms with van der Waals surface area (Å²) in [6.07, 6.45) is 0.628. The molecule has 3 aliphatic rings. The first kappa shape index (κ1) is 26.1. The summed E-state index contributed by atoms with van der Waals surface area (Å²) in [6, 6.07) is 3.98. The fourth-order valence-electron chi connectivity index (χ4n) is 5.34. The molecule has 2 aromatic heterocycles. The normalized spacial score (nSPS) is 29.9. The number of ether oxygens (including phenoxy) is 5. The maximum absolute atomic E-state index is 12.1. The summed E-state index contributed by atoms with van der Waals surface area (Å²) < 4.78 is 32.2. The van der Waals surface area contributed by atoms with E-state index in [1.807, 2.05) is 46.8 Å². The molecular formula is C25H38N6O6. The molecule has 12 heteroatoms. The topological polar surface area (TPSA) is 135 Å². The molecule has 2 aromatic rings. The number of rotatable bonds is 6. The van der Waals surface area contributed by atoms with Crippen LogP contribution in [0.5, 0.6) is 0 Å². The van der Waals surface area contributed by atoms with Crippen molar-refractivity contribution in [3.05, 3.63) is 24.2 Å².